The zero-order chi connectivity index (χ0) is 20.7. The van der Waals surface area contributed by atoms with Crippen molar-refractivity contribution in [1.82, 2.24) is 20.5 Å². The van der Waals surface area contributed by atoms with E-state index in [1.54, 1.807) is 0 Å². The maximum Gasteiger partial charge on any atom is 0.213 e. The number of hydrogen-bond donors (Lipinski definition) is 2. The van der Waals surface area contributed by atoms with E-state index in [9.17, 15) is 0 Å². The zero-order valence-electron chi connectivity index (χ0n) is 18.7. The highest BCUT2D eigenvalue weighted by molar-refractivity contribution is 14.0. The van der Waals surface area contributed by atoms with Gasteiger partial charge in [-0.1, -0.05) is 45.0 Å². The number of nitrogens with one attached hydrogen (secondary N) is 2. The number of benzene rings is 1. The second kappa shape index (κ2) is 11.7. The molecule has 7 heteroatoms. The lowest BCUT2D eigenvalue weighted by Crippen LogP contribution is -2.36. The molecule has 0 saturated carbocycles. The fourth-order valence-corrected chi connectivity index (χ4v) is 3.36. The number of oxazole rings is 1. The summed E-state index contributed by atoms with van der Waals surface area (Å²) in [6, 6.07) is 8.82. The van der Waals surface area contributed by atoms with Crippen molar-refractivity contribution in [3.8, 4) is 0 Å². The molecule has 1 saturated heterocycles. The molecule has 0 spiro atoms. The summed E-state index contributed by atoms with van der Waals surface area (Å²) >= 11 is 0. The van der Waals surface area contributed by atoms with E-state index in [0.29, 0.717) is 19.0 Å². The Hall–Kier alpha value is -1.61. The van der Waals surface area contributed by atoms with Gasteiger partial charge in [0.1, 0.15) is 5.76 Å². The lowest BCUT2D eigenvalue weighted by atomic mass is 9.94. The third kappa shape index (κ3) is 7.58. The molecule has 1 fully saturated rings. The van der Waals surface area contributed by atoms with E-state index in [4.69, 9.17) is 9.41 Å². The van der Waals surface area contributed by atoms with Crippen LogP contribution in [0, 0.1) is 0 Å². The first-order chi connectivity index (χ1) is 13.9. The van der Waals surface area contributed by atoms with Crippen LogP contribution in [0.15, 0.2) is 39.9 Å². The van der Waals surface area contributed by atoms with Gasteiger partial charge >= 0.3 is 0 Å². The number of likely N-dealkylation sites (tertiary alicyclic amines) is 1. The van der Waals surface area contributed by atoms with Crippen LogP contribution in [0.1, 0.15) is 63.3 Å². The average Bonchev–Trinajstić information content (AvgIpc) is 3.37. The van der Waals surface area contributed by atoms with Gasteiger partial charge in [0.25, 0.3) is 0 Å². The Labute approximate surface area is 198 Å². The van der Waals surface area contributed by atoms with Crippen molar-refractivity contribution in [2.75, 3.05) is 19.6 Å². The summed E-state index contributed by atoms with van der Waals surface area (Å²) in [5.41, 5.74) is 2.55. The van der Waals surface area contributed by atoms with E-state index in [0.717, 1.165) is 24.8 Å². The van der Waals surface area contributed by atoms with Crippen LogP contribution in [0.5, 0.6) is 0 Å². The number of rotatable bonds is 7. The Morgan fingerprint density at radius 3 is 2.37 bits per heavy atom. The number of guanidine groups is 1. The SMILES string of the molecule is CCNC(=NCc1ccc(CN2CCCC2)cc1)NCc1ncc(C(C)(C)C)o1.I. The molecule has 2 N–H and O–H groups in total. The van der Waals surface area contributed by atoms with E-state index in [2.05, 4.69) is 72.5 Å². The molecule has 0 amide bonds. The van der Waals surface area contributed by atoms with E-state index in [1.807, 2.05) is 6.20 Å². The van der Waals surface area contributed by atoms with Gasteiger partial charge in [0.15, 0.2) is 5.96 Å². The number of aliphatic imine (C=N–C) groups is 1. The Kier molecular flexibility index (Phi) is 9.61. The van der Waals surface area contributed by atoms with Crippen LogP contribution in [0.25, 0.3) is 0 Å². The standard InChI is InChI=1S/C23H35N5O.HI/c1-5-24-22(27-16-21-25-15-20(29-21)23(2,3)4)26-14-18-8-10-19(11-9-18)17-28-12-6-7-13-28;/h8-11,15H,5-7,12-14,16-17H2,1-4H3,(H2,24,26,27);1H. The second-order valence-corrected chi connectivity index (χ2v) is 8.72. The van der Waals surface area contributed by atoms with Crippen LogP contribution < -0.4 is 10.6 Å². The Bertz CT molecular complexity index is 789. The van der Waals surface area contributed by atoms with Gasteiger partial charge < -0.3 is 15.1 Å². The molecular formula is C23H36IN5O. The second-order valence-electron chi connectivity index (χ2n) is 8.72. The predicted octanol–water partition coefficient (Wildman–Crippen LogP) is 4.44. The lowest BCUT2D eigenvalue weighted by molar-refractivity contribution is 0.331. The molecule has 1 aliphatic heterocycles. The minimum absolute atomic E-state index is 0. The van der Waals surface area contributed by atoms with Crippen molar-refractivity contribution in [2.24, 2.45) is 4.99 Å². The van der Waals surface area contributed by atoms with E-state index in [1.165, 1.54) is 37.1 Å². The van der Waals surface area contributed by atoms with Gasteiger partial charge in [0.05, 0.1) is 19.3 Å². The summed E-state index contributed by atoms with van der Waals surface area (Å²) in [5, 5.41) is 6.59. The highest BCUT2D eigenvalue weighted by atomic mass is 127. The fraction of sp³-hybridized carbons (Fsp3) is 0.565. The molecule has 0 atom stereocenters. The number of hydrogen-bond acceptors (Lipinski definition) is 4. The topological polar surface area (TPSA) is 65.7 Å². The van der Waals surface area contributed by atoms with Crippen LogP contribution in [0.3, 0.4) is 0 Å². The summed E-state index contributed by atoms with van der Waals surface area (Å²) < 4.78 is 5.85. The molecule has 2 aromatic rings. The van der Waals surface area contributed by atoms with Crippen molar-refractivity contribution in [1.29, 1.82) is 0 Å². The molecular weight excluding hydrogens is 489 g/mol. The zero-order valence-corrected chi connectivity index (χ0v) is 21.0. The van der Waals surface area contributed by atoms with Crippen LogP contribution in [0.2, 0.25) is 0 Å². The number of nitrogens with zero attached hydrogens (tertiary/aromatic N) is 3. The number of halogens is 1. The first kappa shape index (κ1) is 24.7. The number of aromatic nitrogens is 1. The largest absolute Gasteiger partial charge is 0.443 e. The van der Waals surface area contributed by atoms with Crippen LogP contribution in [0.4, 0.5) is 0 Å². The van der Waals surface area contributed by atoms with Crippen LogP contribution >= 0.6 is 24.0 Å². The molecule has 2 heterocycles. The van der Waals surface area contributed by atoms with Gasteiger partial charge in [-0.05, 0) is 44.0 Å². The first-order valence-electron chi connectivity index (χ1n) is 10.7. The van der Waals surface area contributed by atoms with Crippen molar-refractivity contribution < 1.29 is 4.42 Å². The Balaban J connectivity index is 0.00000320. The van der Waals surface area contributed by atoms with Gasteiger partial charge in [-0.3, -0.25) is 4.90 Å². The molecule has 1 aromatic heterocycles. The summed E-state index contributed by atoms with van der Waals surface area (Å²) in [6.07, 6.45) is 4.47. The summed E-state index contributed by atoms with van der Waals surface area (Å²) in [4.78, 5) is 11.6. The molecule has 0 aliphatic carbocycles. The Morgan fingerprint density at radius 1 is 1.10 bits per heavy atom. The van der Waals surface area contributed by atoms with Crippen molar-refractivity contribution in [3.05, 3.63) is 53.2 Å². The monoisotopic (exact) mass is 525 g/mol. The summed E-state index contributed by atoms with van der Waals surface area (Å²) in [5.74, 6) is 2.33. The molecule has 166 valence electrons. The highest BCUT2D eigenvalue weighted by Gasteiger charge is 2.19. The molecule has 1 aromatic carbocycles. The summed E-state index contributed by atoms with van der Waals surface area (Å²) in [7, 11) is 0. The van der Waals surface area contributed by atoms with Gasteiger partial charge in [0, 0.05) is 18.5 Å². The first-order valence-corrected chi connectivity index (χ1v) is 10.7. The molecule has 0 bridgehead atoms. The van der Waals surface area contributed by atoms with E-state index < -0.39 is 0 Å². The van der Waals surface area contributed by atoms with Crippen LogP contribution in [-0.2, 0) is 25.0 Å². The molecule has 6 nitrogen and oxygen atoms in total. The average molecular weight is 525 g/mol. The van der Waals surface area contributed by atoms with Gasteiger partial charge in [-0.25, -0.2) is 9.98 Å². The quantitative estimate of drug-likeness (QED) is 0.318. The van der Waals surface area contributed by atoms with Crippen LogP contribution in [-0.4, -0.2) is 35.5 Å². The normalized spacial score (nSPS) is 15.1. The van der Waals surface area contributed by atoms with Crippen molar-refractivity contribution in [2.45, 2.75) is 65.6 Å². The maximum absolute atomic E-state index is 5.85. The molecule has 30 heavy (non-hydrogen) atoms. The van der Waals surface area contributed by atoms with Gasteiger partial charge in [-0.2, -0.15) is 0 Å². The van der Waals surface area contributed by atoms with E-state index >= 15 is 0 Å². The maximum atomic E-state index is 5.85. The molecule has 3 rings (SSSR count). The third-order valence-electron chi connectivity index (χ3n) is 5.09. The fourth-order valence-electron chi connectivity index (χ4n) is 3.36. The van der Waals surface area contributed by atoms with Crippen molar-refractivity contribution in [3.63, 3.8) is 0 Å². The minimum atomic E-state index is -0.0369. The predicted molar refractivity (Wildman–Crippen MR) is 133 cm³/mol. The molecule has 0 radical (unpaired) electrons. The van der Waals surface area contributed by atoms with Gasteiger partial charge in [-0.15, -0.1) is 24.0 Å². The highest BCUT2D eigenvalue weighted by Crippen LogP contribution is 2.22. The smallest absolute Gasteiger partial charge is 0.213 e. The Morgan fingerprint density at radius 2 is 1.77 bits per heavy atom. The third-order valence-corrected chi connectivity index (χ3v) is 5.09. The molecule has 1 aliphatic rings. The van der Waals surface area contributed by atoms with Crippen molar-refractivity contribution >= 4 is 29.9 Å². The van der Waals surface area contributed by atoms with Gasteiger partial charge in [0.2, 0.25) is 5.89 Å². The lowest BCUT2D eigenvalue weighted by Gasteiger charge is -2.14. The molecule has 0 unspecified atom stereocenters. The summed E-state index contributed by atoms with van der Waals surface area (Å²) in [6.45, 7) is 13.9. The minimum Gasteiger partial charge on any atom is -0.443 e. The van der Waals surface area contributed by atoms with E-state index in [-0.39, 0.29) is 29.4 Å².